The van der Waals surface area contributed by atoms with Gasteiger partial charge in [0.05, 0.1) is 0 Å². The van der Waals surface area contributed by atoms with Crippen LogP contribution in [0, 0.1) is 35.5 Å². The molecular weight excluding hydrogens is 384 g/mol. The smallest absolute Gasteiger partial charge is 0.0414 e. The molecule has 0 N–H and O–H groups in total. The zero-order valence-corrected chi connectivity index (χ0v) is 22.4. The normalized spacial score (nSPS) is 33.9. The minimum atomic E-state index is 1.08. The number of hydrogen-bond donors (Lipinski definition) is 0. The first-order valence-electron chi connectivity index (χ1n) is 15.8. The van der Waals surface area contributed by atoms with Crippen LogP contribution >= 0.6 is 0 Å². The van der Waals surface area contributed by atoms with Gasteiger partial charge in [0.15, 0.2) is 0 Å². The molecule has 0 saturated heterocycles. The lowest BCUT2D eigenvalue weighted by Gasteiger charge is -2.33. The van der Waals surface area contributed by atoms with Crippen LogP contribution in [0.4, 0.5) is 0 Å². The third-order valence-corrected chi connectivity index (χ3v) is 10.3. The average Bonchev–Trinajstić information content (AvgIpc) is 2.84. The fraction of sp³-hybridized carbons (Fsp3) is 1.00. The standard InChI is InChI=1S/C32H60/c1-3-5-6-7-8-10-28-13-17-30(18-14-28)20-22-32-25-23-31(24-26-32)21-19-29-15-11-27(9-4-2)12-16-29/h27-32H,3-26H2,1-2H3. The van der Waals surface area contributed by atoms with Gasteiger partial charge in [0.25, 0.3) is 0 Å². The fourth-order valence-corrected chi connectivity index (χ4v) is 7.81. The van der Waals surface area contributed by atoms with E-state index >= 15 is 0 Å². The molecular formula is C32H60. The first-order valence-corrected chi connectivity index (χ1v) is 15.8. The van der Waals surface area contributed by atoms with Crippen LogP contribution in [0.5, 0.6) is 0 Å². The Bertz CT molecular complexity index is 429. The van der Waals surface area contributed by atoms with E-state index in [-0.39, 0.29) is 0 Å². The summed E-state index contributed by atoms with van der Waals surface area (Å²) in [6, 6.07) is 0. The van der Waals surface area contributed by atoms with Crippen molar-refractivity contribution >= 4 is 0 Å². The summed E-state index contributed by atoms with van der Waals surface area (Å²) in [4.78, 5) is 0. The molecule has 0 heteroatoms. The van der Waals surface area contributed by atoms with Gasteiger partial charge in [0.2, 0.25) is 0 Å². The lowest BCUT2D eigenvalue weighted by molar-refractivity contribution is 0.194. The monoisotopic (exact) mass is 444 g/mol. The minimum Gasteiger partial charge on any atom is -0.0654 e. The molecule has 0 atom stereocenters. The Morgan fingerprint density at radius 1 is 0.312 bits per heavy atom. The zero-order valence-electron chi connectivity index (χ0n) is 22.4. The summed E-state index contributed by atoms with van der Waals surface area (Å²) < 4.78 is 0. The van der Waals surface area contributed by atoms with Crippen LogP contribution in [0.2, 0.25) is 0 Å². The SMILES string of the molecule is CCCCCCCC1CCC(CCC2CCC(CCC3CCC(CCC)CC3)CC2)CC1. The second-order valence-electron chi connectivity index (χ2n) is 12.8. The molecule has 3 aliphatic carbocycles. The third-order valence-electron chi connectivity index (χ3n) is 10.3. The molecule has 32 heavy (non-hydrogen) atoms. The van der Waals surface area contributed by atoms with Crippen LogP contribution in [-0.4, -0.2) is 0 Å². The van der Waals surface area contributed by atoms with E-state index in [1.165, 1.54) is 44.9 Å². The molecule has 0 aromatic rings. The largest absolute Gasteiger partial charge is 0.0654 e. The van der Waals surface area contributed by atoms with Gasteiger partial charge in [-0.1, -0.05) is 168 Å². The molecule has 0 heterocycles. The highest BCUT2D eigenvalue weighted by Gasteiger charge is 2.26. The maximum absolute atomic E-state index is 2.37. The van der Waals surface area contributed by atoms with Crippen molar-refractivity contribution < 1.29 is 0 Å². The zero-order chi connectivity index (χ0) is 22.4. The Morgan fingerprint density at radius 3 is 0.969 bits per heavy atom. The molecule has 0 nitrogen and oxygen atoms in total. The number of unbranched alkanes of at least 4 members (excludes halogenated alkanes) is 4. The Balaban J connectivity index is 1.17. The van der Waals surface area contributed by atoms with Crippen LogP contribution in [0.3, 0.4) is 0 Å². The molecule has 0 bridgehead atoms. The molecule has 0 unspecified atom stereocenters. The van der Waals surface area contributed by atoms with E-state index in [0.29, 0.717) is 0 Å². The van der Waals surface area contributed by atoms with Crippen molar-refractivity contribution in [2.75, 3.05) is 0 Å². The van der Waals surface area contributed by atoms with Gasteiger partial charge in [0.1, 0.15) is 0 Å². The van der Waals surface area contributed by atoms with Crippen LogP contribution in [0.1, 0.15) is 168 Å². The lowest BCUT2D eigenvalue weighted by atomic mass is 9.73. The topological polar surface area (TPSA) is 0 Å². The highest BCUT2D eigenvalue weighted by molar-refractivity contribution is 4.79. The highest BCUT2D eigenvalue weighted by atomic mass is 14.3. The predicted molar refractivity (Wildman–Crippen MR) is 143 cm³/mol. The maximum Gasteiger partial charge on any atom is -0.0414 e. The highest BCUT2D eigenvalue weighted by Crippen LogP contribution is 2.40. The summed E-state index contributed by atoms with van der Waals surface area (Å²) in [6.07, 6.45) is 36.8. The summed E-state index contributed by atoms with van der Waals surface area (Å²) in [5.74, 6) is 6.53. The second kappa shape index (κ2) is 15.8. The van der Waals surface area contributed by atoms with E-state index in [9.17, 15) is 0 Å². The molecule has 3 aliphatic rings. The van der Waals surface area contributed by atoms with Crippen molar-refractivity contribution in [3.8, 4) is 0 Å². The summed E-state index contributed by atoms with van der Waals surface area (Å²) in [6.45, 7) is 4.69. The summed E-state index contributed by atoms with van der Waals surface area (Å²) in [7, 11) is 0. The van der Waals surface area contributed by atoms with E-state index in [0.717, 1.165) is 35.5 Å². The van der Waals surface area contributed by atoms with Crippen molar-refractivity contribution in [2.45, 2.75) is 168 Å². The van der Waals surface area contributed by atoms with Gasteiger partial charge in [-0.2, -0.15) is 0 Å². The third kappa shape index (κ3) is 10.1. The van der Waals surface area contributed by atoms with E-state index in [1.807, 2.05) is 0 Å². The van der Waals surface area contributed by atoms with E-state index in [2.05, 4.69) is 13.8 Å². The first-order chi connectivity index (χ1) is 15.8. The number of rotatable bonds is 14. The Hall–Kier alpha value is 0. The molecule has 0 aromatic heterocycles. The summed E-state index contributed by atoms with van der Waals surface area (Å²) in [5.41, 5.74) is 0. The fourth-order valence-electron chi connectivity index (χ4n) is 7.81. The molecule has 188 valence electrons. The molecule has 0 aromatic carbocycles. The van der Waals surface area contributed by atoms with Crippen LogP contribution in [0.15, 0.2) is 0 Å². The van der Waals surface area contributed by atoms with Crippen LogP contribution in [-0.2, 0) is 0 Å². The lowest BCUT2D eigenvalue weighted by Crippen LogP contribution is -2.19. The van der Waals surface area contributed by atoms with Gasteiger partial charge in [-0.3, -0.25) is 0 Å². The average molecular weight is 445 g/mol. The quantitative estimate of drug-likeness (QED) is 0.234. The van der Waals surface area contributed by atoms with Gasteiger partial charge in [-0.25, -0.2) is 0 Å². The Labute approximate surface area is 203 Å². The van der Waals surface area contributed by atoms with Crippen molar-refractivity contribution in [3.05, 3.63) is 0 Å². The van der Waals surface area contributed by atoms with Crippen LogP contribution < -0.4 is 0 Å². The van der Waals surface area contributed by atoms with Gasteiger partial charge >= 0.3 is 0 Å². The molecule has 3 fully saturated rings. The van der Waals surface area contributed by atoms with E-state index < -0.39 is 0 Å². The molecule has 3 saturated carbocycles. The first kappa shape index (κ1) is 26.6. The summed E-state index contributed by atoms with van der Waals surface area (Å²) in [5, 5.41) is 0. The molecule has 0 radical (unpaired) electrons. The molecule has 3 rings (SSSR count). The van der Waals surface area contributed by atoms with Crippen molar-refractivity contribution in [1.29, 1.82) is 0 Å². The maximum atomic E-state index is 2.37. The van der Waals surface area contributed by atoms with Gasteiger partial charge < -0.3 is 0 Å². The van der Waals surface area contributed by atoms with Crippen molar-refractivity contribution in [3.63, 3.8) is 0 Å². The van der Waals surface area contributed by atoms with Gasteiger partial charge in [-0.05, 0) is 35.5 Å². The van der Waals surface area contributed by atoms with Crippen LogP contribution in [0.25, 0.3) is 0 Å². The van der Waals surface area contributed by atoms with E-state index in [1.54, 1.807) is 109 Å². The molecule has 0 aliphatic heterocycles. The molecule has 0 spiro atoms. The van der Waals surface area contributed by atoms with E-state index in [4.69, 9.17) is 0 Å². The molecule has 0 amide bonds. The van der Waals surface area contributed by atoms with Crippen molar-refractivity contribution in [1.82, 2.24) is 0 Å². The Kier molecular flexibility index (Phi) is 13.1. The van der Waals surface area contributed by atoms with Gasteiger partial charge in [0, 0.05) is 0 Å². The predicted octanol–water partition coefficient (Wildman–Crippen LogP) is 11.1. The summed E-state index contributed by atoms with van der Waals surface area (Å²) >= 11 is 0. The minimum absolute atomic E-state index is 1.08. The number of hydrogen-bond acceptors (Lipinski definition) is 0. The second-order valence-corrected chi connectivity index (χ2v) is 12.8. The van der Waals surface area contributed by atoms with Gasteiger partial charge in [-0.15, -0.1) is 0 Å². The Morgan fingerprint density at radius 2 is 0.625 bits per heavy atom. The van der Waals surface area contributed by atoms with Crippen molar-refractivity contribution in [2.24, 2.45) is 35.5 Å².